The summed E-state index contributed by atoms with van der Waals surface area (Å²) in [4.78, 5) is 9.23. The first-order chi connectivity index (χ1) is 9.54. The number of hydrogen-bond donors (Lipinski definition) is 0. The highest BCUT2D eigenvalue weighted by atomic mass is 79.9. The lowest BCUT2D eigenvalue weighted by Crippen LogP contribution is -2.38. The lowest BCUT2D eigenvalue weighted by molar-refractivity contribution is 0.321. The van der Waals surface area contributed by atoms with E-state index in [4.69, 9.17) is 11.6 Å². The molecule has 2 aromatic heterocycles. The molecule has 2 aromatic rings. The van der Waals surface area contributed by atoms with E-state index in [0.29, 0.717) is 4.75 Å². The second-order valence-electron chi connectivity index (χ2n) is 5.41. The Hall–Kier alpha value is -0.260. The Morgan fingerprint density at radius 2 is 2.30 bits per heavy atom. The minimum atomic E-state index is -0.109. The highest BCUT2D eigenvalue weighted by Gasteiger charge is 2.37. The van der Waals surface area contributed by atoms with Crippen molar-refractivity contribution >= 4 is 50.5 Å². The van der Waals surface area contributed by atoms with Gasteiger partial charge in [-0.3, -0.25) is 0 Å². The first-order valence-electron chi connectivity index (χ1n) is 6.75. The zero-order valence-electron chi connectivity index (χ0n) is 11.6. The minimum absolute atomic E-state index is 0.109. The third kappa shape index (κ3) is 2.48. The van der Waals surface area contributed by atoms with Gasteiger partial charge in [-0.2, -0.15) is 11.8 Å². The van der Waals surface area contributed by atoms with Crippen molar-refractivity contribution in [2.45, 2.75) is 42.9 Å². The van der Waals surface area contributed by atoms with Gasteiger partial charge < -0.3 is 4.57 Å². The molecule has 20 heavy (non-hydrogen) atoms. The van der Waals surface area contributed by atoms with Crippen molar-refractivity contribution in [2.75, 3.05) is 6.26 Å². The smallest absolute Gasteiger partial charge is 0.160 e. The molecule has 6 heteroatoms. The first-order valence-corrected chi connectivity index (χ1v) is 9.21. The molecule has 3 rings (SSSR count). The van der Waals surface area contributed by atoms with Crippen molar-refractivity contribution in [3.05, 3.63) is 22.6 Å². The topological polar surface area (TPSA) is 30.7 Å². The molecule has 0 N–H and O–H groups in total. The van der Waals surface area contributed by atoms with E-state index in [1.54, 1.807) is 0 Å². The maximum atomic E-state index is 6.32. The van der Waals surface area contributed by atoms with Crippen molar-refractivity contribution in [1.29, 1.82) is 0 Å². The Kier molecular flexibility index (Phi) is 4.04. The van der Waals surface area contributed by atoms with Crippen molar-refractivity contribution in [3.63, 3.8) is 0 Å². The maximum Gasteiger partial charge on any atom is 0.160 e. The Morgan fingerprint density at radius 3 is 2.85 bits per heavy atom. The number of imidazole rings is 1. The highest BCUT2D eigenvalue weighted by Crippen LogP contribution is 2.45. The molecular weight excluding hydrogens is 358 g/mol. The van der Waals surface area contributed by atoms with E-state index in [1.165, 1.54) is 19.3 Å². The zero-order valence-corrected chi connectivity index (χ0v) is 14.7. The van der Waals surface area contributed by atoms with Gasteiger partial charge >= 0.3 is 0 Å². The van der Waals surface area contributed by atoms with E-state index >= 15 is 0 Å². The SMILES string of the molecule is CSC1(Cn2c(C(C)Cl)nc3cc(Br)cnc32)CCC1. The lowest BCUT2D eigenvalue weighted by atomic mass is 9.84. The lowest BCUT2D eigenvalue weighted by Gasteiger charge is -2.41. The van der Waals surface area contributed by atoms with Gasteiger partial charge in [-0.1, -0.05) is 6.42 Å². The van der Waals surface area contributed by atoms with Gasteiger partial charge in [-0.25, -0.2) is 9.97 Å². The maximum absolute atomic E-state index is 6.32. The van der Waals surface area contributed by atoms with E-state index in [0.717, 1.165) is 28.0 Å². The van der Waals surface area contributed by atoms with Crippen LogP contribution in [-0.4, -0.2) is 25.5 Å². The monoisotopic (exact) mass is 373 g/mol. The molecular formula is C14H17BrClN3S. The molecule has 0 saturated heterocycles. The van der Waals surface area contributed by atoms with Crippen LogP contribution in [0.15, 0.2) is 16.7 Å². The zero-order chi connectivity index (χ0) is 14.3. The van der Waals surface area contributed by atoms with Crippen LogP contribution in [-0.2, 0) is 6.54 Å². The number of thioether (sulfide) groups is 1. The van der Waals surface area contributed by atoms with Gasteiger partial charge in [-0.05, 0) is 48.0 Å². The van der Waals surface area contributed by atoms with Gasteiger partial charge in [0.15, 0.2) is 5.65 Å². The Balaban J connectivity index is 2.09. The quantitative estimate of drug-likeness (QED) is 0.722. The third-order valence-electron chi connectivity index (χ3n) is 4.08. The summed E-state index contributed by atoms with van der Waals surface area (Å²) in [7, 11) is 0. The van der Waals surface area contributed by atoms with Crippen LogP contribution < -0.4 is 0 Å². The fraction of sp³-hybridized carbons (Fsp3) is 0.571. The van der Waals surface area contributed by atoms with E-state index in [-0.39, 0.29) is 5.38 Å². The summed E-state index contributed by atoms with van der Waals surface area (Å²) in [5.41, 5.74) is 1.86. The Labute approximate surface area is 136 Å². The van der Waals surface area contributed by atoms with Crippen LogP contribution in [0.4, 0.5) is 0 Å². The van der Waals surface area contributed by atoms with Gasteiger partial charge in [0.2, 0.25) is 0 Å². The number of alkyl halides is 1. The molecule has 1 saturated carbocycles. The molecule has 2 heterocycles. The number of hydrogen-bond acceptors (Lipinski definition) is 3. The molecule has 0 radical (unpaired) electrons. The fourth-order valence-electron chi connectivity index (χ4n) is 2.75. The molecule has 1 fully saturated rings. The molecule has 0 aliphatic heterocycles. The molecule has 3 nitrogen and oxygen atoms in total. The van der Waals surface area contributed by atoms with Crippen molar-refractivity contribution in [2.24, 2.45) is 0 Å². The highest BCUT2D eigenvalue weighted by molar-refractivity contribution is 9.10. The summed E-state index contributed by atoms with van der Waals surface area (Å²) in [6.45, 7) is 2.92. The standard InChI is InChI=1S/C14H17BrClN3S/c1-9(16)12-18-11-6-10(15)7-17-13(11)19(12)8-14(20-2)4-3-5-14/h6-7,9H,3-5,8H2,1-2H3. The molecule has 0 spiro atoms. The first kappa shape index (κ1) is 14.7. The number of pyridine rings is 1. The van der Waals surface area contributed by atoms with Crippen LogP contribution >= 0.6 is 39.3 Å². The van der Waals surface area contributed by atoms with E-state index in [1.807, 2.05) is 30.9 Å². The molecule has 108 valence electrons. The van der Waals surface area contributed by atoms with Crippen LogP contribution in [0.5, 0.6) is 0 Å². The molecule has 1 atom stereocenters. The van der Waals surface area contributed by atoms with Gasteiger partial charge in [-0.15, -0.1) is 11.6 Å². The van der Waals surface area contributed by atoms with Crippen LogP contribution in [0.1, 0.15) is 37.4 Å². The summed E-state index contributed by atoms with van der Waals surface area (Å²) >= 11 is 11.7. The second-order valence-corrected chi connectivity index (χ2v) is 8.25. The fourth-order valence-corrected chi connectivity index (χ4v) is 4.19. The average molecular weight is 375 g/mol. The molecule has 1 aliphatic carbocycles. The summed E-state index contributed by atoms with van der Waals surface area (Å²) < 4.78 is 3.50. The number of halogens is 2. The number of aromatic nitrogens is 3. The molecule has 0 amide bonds. The van der Waals surface area contributed by atoms with Gasteiger partial charge in [0.05, 0.1) is 5.38 Å². The van der Waals surface area contributed by atoms with Gasteiger partial charge in [0.25, 0.3) is 0 Å². The third-order valence-corrected chi connectivity index (χ3v) is 6.11. The summed E-state index contributed by atoms with van der Waals surface area (Å²) in [5, 5.41) is -0.109. The van der Waals surface area contributed by atoms with Crippen LogP contribution in [0.25, 0.3) is 11.2 Å². The van der Waals surface area contributed by atoms with Crippen molar-refractivity contribution in [3.8, 4) is 0 Å². The Morgan fingerprint density at radius 1 is 1.55 bits per heavy atom. The van der Waals surface area contributed by atoms with E-state index in [9.17, 15) is 0 Å². The van der Waals surface area contributed by atoms with E-state index in [2.05, 4.69) is 36.7 Å². The van der Waals surface area contributed by atoms with Gasteiger partial charge in [0.1, 0.15) is 11.3 Å². The second kappa shape index (κ2) is 5.50. The summed E-state index contributed by atoms with van der Waals surface area (Å²) in [6, 6.07) is 2.01. The molecule has 0 bridgehead atoms. The number of rotatable bonds is 4. The van der Waals surface area contributed by atoms with E-state index < -0.39 is 0 Å². The summed E-state index contributed by atoms with van der Waals surface area (Å²) in [5.74, 6) is 0.924. The molecule has 0 aromatic carbocycles. The van der Waals surface area contributed by atoms with Crippen molar-refractivity contribution in [1.82, 2.24) is 14.5 Å². The average Bonchev–Trinajstić information content (AvgIpc) is 2.71. The predicted octanol–water partition coefficient (Wildman–Crippen LogP) is 4.78. The largest absolute Gasteiger partial charge is 0.310 e. The normalized spacial score (nSPS) is 19.0. The molecule has 1 aliphatic rings. The van der Waals surface area contributed by atoms with Crippen LogP contribution in [0, 0.1) is 0 Å². The minimum Gasteiger partial charge on any atom is -0.310 e. The number of nitrogens with zero attached hydrogens (tertiary/aromatic N) is 3. The van der Waals surface area contributed by atoms with Crippen molar-refractivity contribution < 1.29 is 0 Å². The Bertz CT molecular complexity index is 631. The molecule has 1 unspecified atom stereocenters. The van der Waals surface area contributed by atoms with Gasteiger partial charge in [0, 0.05) is 22.0 Å². The summed E-state index contributed by atoms with van der Waals surface area (Å²) in [6.07, 6.45) is 7.88. The van der Waals surface area contributed by atoms with Crippen LogP contribution in [0.3, 0.4) is 0 Å². The number of fused-ring (bicyclic) bond motifs is 1. The van der Waals surface area contributed by atoms with Crippen LogP contribution in [0.2, 0.25) is 0 Å². The predicted molar refractivity (Wildman–Crippen MR) is 89.6 cm³/mol.